The number of carbonyl (C=O) groups excluding carboxylic acids is 2. The van der Waals surface area contributed by atoms with Crippen molar-refractivity contribution in [1.82, 2.24) is 0 Å². The summed E-state index contributed by atoms with van der Waals surface area (Å²) in [5, 5.41) is 4.63. The molecule has 0 radical (unpaired) electrons. The van der Waals surface area contributed by atoms with E-state index in [9.17, 15) is 9.59 Å². The predicted molar refractivity (Wildman–Crippen MR) is 79.2 cm³/mol. The highest BCUT2D eigenvalue weighted by atomic mass is 32.1. The van der Waals surface area contributed by atoms with Crippen LogP contribution in [0.25, 0.3) is 0 Å². The first-order chi connectivity index (χ1) is 9.56. The SMILES string of the molecule is CC(C)C(=O)Oc1ccc(NC(=O)c2cccs2)cc1. The van der Waals surface area contributed by atoms with Crippen molar-refractivity contribution in [2.75, 3.05) is 5.32 Å². The molecule has 2 aromatic rings. The standard InChI is InChI=1S/C15H15NO3S/c1-10(2)15(18)19-12-7-5-11(6-8-12)16-14(17)13-4-3-9-20-13/h3-10H,1-2H3,(H,16,17). The molecule has 20 heavy (non-hydrogen) atoms. The van der Waals surface area contributed by atoms with Gasteiger partial charge < -0.3 is 10.1 Å². The van der Waals surface area contributed by atoms with Crippen molar-refractivity contribution in [3.05, 3.63) is 46.7 Å². The molecule has 104 valence electrons. The third-order valence-electron chi connectivity index (χ3n) is 2.55. The Bertz CT molecular complexity index is 588. The third-order valence-corrected chi connectivity index (χ3v) is 3.42. The summed E-state index contributed by atoms with van der Waals surface area (Å²) in [5.41, 5.74) is 0.660. The molecular formula is C15H15NO3S. The van der Waals surface area contributed by atoms with Gasteiger partial charge in [-0.1, -0.05) is 19.9 Å². The number of thiophene rings is 1. The molecule has 1 amide bonds. The van der Waals surface area contributed by atoms with E-state index >= 15 is 0 Å². The molecule has 0 aliphatic carbocycles. The van der Waals surface area contributed by atoms with Gasteiger partial charge in [0.1, 0.15) is 5.75 Å². The normalized spacial score (nSPS) is 10.3. The van der Waals surface area contributed by atoms with Crippen molar-refractivity contribution in [1.29, 1.82) is 0 Å². The van der Waals surface area contributed by atoms with Gasteiger partial charge in [-0.15, -0.1) is 11.3 Å². The smallest absolute Gasteiger partial charge is 0.313 e. The first-order valence-corrected chi connectivity index (χ1v) is 7.11. The lowest BCUT2D eigenvalue weighted by molar-refractivity contribution is -0.137. The van der Waals surface area contributed by atoms with Crippen molar-refractivity contribution in [2.45, 2.75) is 13.8 Å². The van der Waals surface area contributed by atoms with E-state index in [0.29, 0.717) is 16.3 Å². The van der Waals surface area contributed by atoms with Gasteiger partial charge in [0.05, 0.1) is 10.8 Å². The lowest BCUT2D eigenvalue weighted by atomic mass is 10.2. The lowest BCUT2D eigenvalue weighted by Gasteiger charge is -2.08. The van der Waals surface area contributed by atoms with Gasteiger partial charge in [0.25, 0.3) is 5.91 Å². The van der Waals surface area contributed by atoms with Crippen LogP contribution in [0.3, 0.4) is 0 Å². The number of ether oxygens (including phenoxy) is 1. The minimum absolute atomic E-state index is 0.146. The van der Waals surface area contributed by atoms with E-state index in [2.05, 4.69) is 5.32 Å². The van der Waals surface area contributed by atoms with Gasteiger partial charge in [-0.25, -0.2) is 0 Å². The molecule has 0 aliphatic heterocycles. The van der Waals surface area contributed by atoms with E-state index in [-0.39, 0.29) is 17.8 Å². The zero-order valence-electron chi connectivity index (χ0n) is 11.3. The number of rotatable bonds is 4. The van der Waals surface area contributed by atoms with E-state index in [0.717, 1.165) is 0 Å². The molecule has 0 bridgehead atoms. The Labute approximate surface area is 121 Å². The first kappa shape index (κ1) is 14.3. The topological polar surface area (TPSA) is 55.4 Å². The van der Waals surface area contributed by atoms with Crippen LogP contribution in [0, 0.1) is 5.92 Å². The van der Waals surface area contributed by atoms with Gasteiger partial charge in [-0.2, -0.15) is 0 Å². The van der Waals surface area contributed by atoms with Crippen LogP contribution in [0.1, 0.15) is 23.5 Å². The molecule has 0 aliphatic rings. The second-order valence-electron chi connectivity index (χ2n) is 4.53. The molecule has 0 unspecified atom stereocenters. The summed E-state index contributed by atoms with van der Waals surface area (Å²) in [5.74, 6) is -0.127. The van der Waals surface area contributed by atoms with Crippen LogP contribution in [-0.2, 0) is 4.79 Å². The summed E-state index contributed by atoms with van der Waals surface area (Å²) in [7, 11) is 0. The molecule has 1 N–H and O–H groups in total. The third kappa shape index (κ3) is 3.68. The largest absolute Gasteiger partial charge is 0.426 e. The van der Waals surface area contributed by atoms with Gasteiger partial charge >= 0.3 is 5.97 Å². The lowest BCUT2D eigenvalue weighted by Crippen LogP contribution is -2.14. The summed E-state index contributed by atoms with van der Waals surface area (Å²) < 4.78 is 5.16. The van der Waals surface area contributed by atoms with Crippen molar-refractivity contribution >= 4 is 28.9 Å². The van der Waals surface area contributed by atoms with E-state index in [1.807, 2.05) is 11.4 Å². The number of benzene rings is 1. The maximum Gasteiger partial charge on any atom is 0.313 e. The number of carbonyl (C=O) groups is 2. The van der Waals surface area contributed by atoms with Crippen LogP contribution in [0.5, 0.6) is 5.75 Å². The molecule has 4 nitrogen and oxygen atoms in total. The fourth-order valence-electron chi connectivity index (χ4n) is 1.44. The average molecular weight is 289 g/mol. The van der Waals surface area contributed by atoms with Gasteiger partial charge in [-0.05, 0) is 35.7 Å². The Morgan fingerprint density at radius 3 is 2.40 bits per heavy atom. The zero-order chi connectivity index (χ0) is 14.5. The Morgan fingerprint density at radius 2 is 1.85 bits per heavy atom. The summed E-state index contributed by atoms with van der Waals surface area (Å²) in [6.45, 7) is 3.55. The molecule has 0 fully saturated rings. The molecule has 0 saturated heterocycles. The molecule has 1 heterocycles. The Morgan fingerprint density at radius 1 is 1.15 bits per heavy atom. The van der Waals surface area contributed by atoms with Crippen LogP contribution in [0.15, 0.2) is 41.8 Å². The number of hydrogen-bond donors (Lipinski definition) is 1. The number of anilines is 1. The monoisotopic (exact) mass is 289 g/mol. The molecule has 0 atom stereocenters. The number of nitrogens with one attached hydrogen (secondary N) is 1. The average Bonchev–Trinajstić information content (AvgIpc) is 2.95. The van der Waals surface area contributed by atoms with Gasteiger partial charge in [0, 0.05) is 5.69 Å². The fourth-order valence-corrected chi connectivity index (χ4v) is 2.06. The van der Waals surface area contributed by atoms with Gasteiger partial charge in [0.2, 0.25) is 0 Å². The molecule has 2 rings (SSSR count). The summed E-state index contributed by atoms with van der Waals surface area (Å²) in [6.07, 6.45) is 0. The van der Waals surface area contributed by atoms with E-state index in [4.69, 9.17) is 4.74 Å². The molecule has 5 heteroatoms. The summed E-state index contributed by atoms with van der Waals surface area (Å²) in [6, 6.07) is 10.3. The van der Waals surface area contributed by atoms with Crippen LogP contribution in [0.2, 0.25) is 0 Å². The zero-order valence-corrected chi connectivity index (χ0v) is 12.1. The van der Waals surface area contributed by atoms with E-state index in [1.165, 1.54) is 11.3 Å². The molecular weight excluding hydrogens is 274 g/mol. The fraction of sp³-hybridized carbons (Fsp3) is 0.200. The van der Waals surface area contributed by atoms with Gasteiger partial charge in [0.15, 0.2) is 0 Å². The Balaban J connectivity index is 1.98. The predicted octanol–water partition coefficient (Wildman–Crippen LogP) is 3.56. The molecule has 0 spiro atoms. The van der Waals surface area contributed by atoms with Crippen LogP contribution >= 0.6 is 11.3 Å². The van der Waals surface area contributed by atoms with Crippen LogP contribution in [0.4, 0.5) is 5.69 Å². The first-order valence-electron chi connectivity index (χ1n) is 6.23. The minimum Gasteiger partial charge on any atom is -0.426 e. The van der Waals surface area contributed by atoms with Crippen molar-refractivity contribution in [2.24, 2.45) is 5.92 Å². The highest BCUT2D eigenvalue weighted by Crippen LogP contribution is 2.18. The van der Waals surface area contributed by atoms with Crippen molar-refractivity contribution in [3.63, 3.8) is 0 Å². The number of hydrogen-bond acceptors (Lipinski definition) is 4. The maximum atomic E-state index is 11.8. The van der Waals surface area contributed by atoms with Crippen LogP contribution in [-0.4, -0.2) is 11.9 Å². The van der Waals surface area contributed by atoms with Gasteiger partial charge in [-0.3, -0.25) is 9.59 Å². The maximum absolute atomic E-state index is 11.8. The minimum atomic E-state index is -0.277. The summed E-state index contributed by atoms with van der Waals surface area (Å²) >= 11 is 1.38. The Hall–Kier alpha value is -2.14. The van der Waals surface area contributed by atoms with Crippen LogP contribution < -0.4 is 10.1 Å². The molecule has 1 aromatic heterocycles. The number of amides is 1. The van der Waals surface area contributed by atoms with E-state index in [1.54, 1.807) is 44.2 Å². The van der Waals surface area contributed by atoms with Crippen molar-refractivity contribution < 1.29 is 14.3 Å². The highest BCUT2D eigenvalue weighted by Gasteiger charge is 2.10. The van der Waals surface area contributed by atoms with E-state index < -0.39 is 0 Å². The second-order valence-corrected chi connectivity index (χ2v) is 5.48. The quantitative estimate of drug-likeness (QED) is 0.691. The number of esters is 1. The Kier molecular flexibility index (Phi) is 4.53. The highest BCUT2D eigenvalue weighted by molar-refractivity contribution is 7.12. The second kappa shape index (κ2) is 6.34. The molecule has 1 aromatic carbocycles. The summed E-state index contributed by atoms with van der Waals surface area (Å²) in [4.78, 5) is 23.9. The molecule has 0 saturated carbocycles. The van der Waals surface area contributed by atoms with Crippen molar-refractivity contribution in [3.8, 4) is 5.75 Å².